The highest BCUT2D eigenvalue weighted by molar-refractivity contribution is 8.03. The minimum absolute atomic E-state index is 0.885. The topological polar surface area (TPSA) is 18.5 Å². The first-order valence-corrected chi connectivity index (χ1v) is 10.0. The van der Waals surface area contributed by atoms with Gasteiger partial charge in [0.05, 0.1) is 19.6 Å². The third-order valence-corrected chi connectivity index (χ3v) is 6.37. The molecule has 0 amide bonds. The third kappa shape index (κ3) is 3.22. The Bertz CT molecular complexity index is 1050. The summed E-state index contributed by atoms with van der Waals surface area (Å²) in [7, 11) is 3.41. The van der Waals surface area contributed by atoms with E-state index in [9.17, 15) is 0 Å². The first-order chi connectivity index (χ1) is 12.7. The number of hydrogen-bond acceptors (Lipinski definition) is 3. The summed E-state index contributed by atoms with van der Waals surface area (Å²) in [6.07, 6.45) is 4.50. The van der Waals surface area contributed by atoms with E-state index in [1.54, 1.807) is 37.3 Å². The van der Waals surface area contributed by atoms with E-state index in [4.69, 9.17) is 9.47 Å². The molecule has 2 nitrogen and oxygen atoms in total. The molecular formula is C22H19O2S2+. The zero-order valence-electron chi connectivity index (χ0n) is 14.9. The number of benzene rings is 2. The van der Waals surface area contributed by atoms with Gasteiger partial charge in [-0.1, -0.05) is 11.8 Å². The smallest absolute Gasteiger partial charge is 0.238 e. The quantitative estimate of drug-likeness (QED) is 0.469. The lowest BCUT2D eigenvalue weighted by Crippen LogP contribution is -1.94. The maximum absolute atomic E-state index is 5.41. The fourth-order valence-corrected chi connectivity index (χ4v) is 5.02. The van der Waals surface area contributed by atoms with Gasteiger partial charge in [0.1, 0.15) is 11.5 Å². The molecule has 0 bridgehead atoms. The first-order valence-electron chi connectivity index (χ1n) is 8.33. The normalized spacial score (nSPS) is 14.9. The monoisotopic (exact) mass is 379 g/mol. The van der Waals surface area contributed by atoms with Gasteiger partial charge in [-0.25, -0.2) is 0 Å². The molecule has 2 heterocycles. The summed E-state index contributed by atoms with van der Waals surface area (Å²) in [5.74, 6) is 1.78. The van der Waals surface area contributed by atoms with Crippen molar-refractivity contribution < 1.29 is 9.47 Å². The number of hydrogen-bond donors (Lipinski definition) is 0. The lowest BCUT2D eigenvalue weighted by atomic mass is 10.1. The van der Waals surface area contributed by atoms with Crippen LogP contribution in [-0.2, 0) is 0 Å². The van der Waals surface area contributed by atoms with Crippen LogP contribution in [-0.4, -0.2) is 14.2 Å². The average Bonchev–Trinajstić information content (AvgIpc) is 2.67. The van der Waals surface area contributed by atoms with Crippen molar-refractivity contribution >= 4 is 44.8 Å². The standard InChI is InChI=1S/C22H19O2S2/c1-14-10-18(26-22-7-5-16(23-2)12-19(14)22)11-15-8-9-25-21-6-4-17(24-3)13-20(15)21/h4-13H,1-3H3/q+1. The molecule has 2 aromatic carbocycles. The molecule has 1 aliphatic heterocycles. The van der Waals surface area contributed by atoms with Crippen LogP contribution in [0.1, 0.15) is 18.1 Å². The van der Waals surface area contributed by atoms with Crippen LogP contribution in [0.5, 0.6) is 11.5 Å². The van der Waals surface area contributed by atoms with Gasteiger partial charge in [0.25, 0.3) is 0 Å². The van der Waals surface area contributed by atoms with Gasteiger partial charge in [-0.2, -0.15) is 0 Å². The third-order valence-electron chi connectivity index (χ3n) is 4.44. The maximum Gasteiger partial charge on any atom is 0.238 e. The van der Waals surface area contributed by atoms with Crippen LogP contribution >= 0.6 is 23.1 Å². The zero-order chi connectivity index (χ0) is 18.1. The van der Waals surface area contributed by atoms with Crippen LogP contribution in [0.3, 0.4) is 0 Å². The van der Waals surface area contributed by atoms with Gasteiger partial charge in [0.15, 0.2) is 5.38 Å². The summed E-state index contributed by atoms with van der Waals surface area (Å²) in [5.41, 5.74) is 3.71. The van der Waals surface area contributed by atoms with Crippen molar-refractivity contribution in [1.82, 2.24) is 0 Å². The highest BCUT2D eigenvalue weighted by atomic mass is 32.2. The van der Waals surface area contributed by atoms with Gasteiger partial charge in [0.2, 0.25) is 16.0 Å². The maximum atomic E-state index is 5.41. The van der Waals surface area contributed by atoms with Crippen molar-refractivity contribution in [1.29, 1.82) is 0 Å². The van der Waals surface area contributed by atoms with Crippen LogP contribution in [0, 0.1) is 0 Å². The molecule has 4 heteroatoms. The highest BCUT2D eigenvalue weighted by Crippen LogP contribution is 2.42. The molecule has 0 atom stereocenters. The SMILES string of the molecule is COc1ccc2c(c1)C(C)=C/C(=C\c1cc[s+]c3ccc(OC)cc13)S2. The van der Waals surface area contributed by atoms with Crippen LogP contribution < -0.4 is 9.47 Å². The number of methoxy groups -OCH3 is 2. The van der Waals surface area contributed by atoms with Gasteiger partial charge < -0.3 is 9.47 Å². The molecular weight excluding hydrogens is 360 g/mol. The number of allylic oxidation sites excluding steroid dienone is 2. The van der Waals surface area contributed by atoms with E-state index in [-0.39, 0.29) is 0 Å². The molecule has 1 aromatic heterocycles. The van der Waals surface area contributed by atoms with Crippen LogP contribution in [0.25, 0.3) is 21.7 Å². The minimum Gasteiger partial charge on any atom is -0.497 e. The number of fused-ring (bicyclic) bond motifs is 2. The molecule has 0 radical (unpaired) electrons. The van der Waals surface area contributed by atoms with Crippen molar-refractivity contribution in [2.75, 3.05) is 14.2 Å². The summed E-state index contributed by atoms with van der Waals surface area (Å²) in [6, 6.07) is 14.7. The van der Waals surface area contributed by atoms with Crippen molar-refractivity contribution in [3.63, 3.8) is 0 Å². The zero-order valence-corrected chi connectivity index (χ0v) is 16.5. The number of thioether (sulfide) groups is 1. The summed E-state index contributed by atoms with van der Waals surface area (Å²) < 4.78 is 12.0. The molecule has 0 saturated carbocycles. The molecule has 130 valence electrons. The Morgan fingerprint density at radius 2 is 1.73 bits per heavy atom. The Kier molecular flexibility index (Phi) is 4.70. The van der Waals surface area contributed by atoms with E-state index in [0.29, 0.717) is 0 Å². The van der Waals surface area contributed by atoms with Gasteiger partial charge >= 0.3 is 0 Å². The van der Waals surface area contributed by atoms with E-state index in [1.807, 2.05) is 12.1 Å². The van der Waals surface area contributed by atoms with Gasteiger partial charge in [0, 0.05) is 21.9 Å². The fraction of sp³-hybridized carbons (Fsp3) is 0.136. The van der Waals surface area contributed by atoms with E-state index >= 15 is 0 Å². The first kappa shape index (κ1) is 17.1. The Hall–Kier alpha value is -2.30. The predicted octanol–water partition coefficient (Wildman–Crippen LogP) is 6.75. The lowest BCUT2D eigenvalue weighted by molar-refractivity contribution is 0.414. The summed E-state index contributed by atoms with van der Waals surface area (Å²) in [5, 5.41) is 3.36. The number of ether oxygens (including phenoxy) is 2. The summed E-state index contributed by atoms with van der Waals surface area (Å²) in [6.45, 7) is 2.15. The summed E-state index contributed by atoms with van der Waals surface area (Å²) >= 11 is 3.54. The average molecular weight is 380 g/mol. The van der Waals surface area contributed by atoms with Crippen LogP contribution in [0.4, 0.5) is 0 Å². The van der Waals surface area contributed by atoms with Crippen LogP contribution in [0.15, 0.2) is 63.7 Å². The van der Waals surface area contributed by atoms with Crippen molar-refractivity contribution in [2.24, 2.45) is 0 Å². The second-order valence-corrected chi connectivity index (χ2v) is 8.14. The fourth-order valence-electron chi connectivity index (χ4n) is 3.07. The van der Waals surface area contributed by atoms with Crippen molar-refractivity contribution in [3.8, 4) is 11.5 Å². The molecule has 3 aromatic rings. The Balaban J connectivity index is 1.78. The molecule has 0 N–H and O–H groups in total. The van der Waals surface area contributed by atoms with Gasteiger partial charge in [-0.05, 0) is 66.1 Å². The Morgan fingerprint density at radius 1 is 0.962 bits per heavy atom. The molecule has 1 aliphatic rings. The van der Waals surface area contributed by atoms with Gasteiger partial charge in [-0.3, -0.25) is 0 Å². The van der Waals surface area contributed by atoms with E-state index < -0.39 is 0 Å². The Morgan fingerprint density at radius 3 is 2.54 bits per heavy atom. The van der Waals surface area contributed by atoms with Crippen molar-refractivity contribution in [2.45, 2.75) is 11.8 Å². The van der Waals surface area contributed by atoms with E-state index in [0.717, 1.165) is 11.5 Å². The highest BCUT2D eigenvalue weighted by Gasteiger charge is 2.16. The molecule has 4 rings (SSSR count). The van der Waals surface area contributed by atoms with E-state index in [2.05, 4.69) is 54.8 Å². The van der Waals surface area contributed by atoms with Gasteiger partial charge in [-0.15, -0.1) is 0 Å². The summed E-state index contributed by atoms with van der Waals surface area (Å²) in [4.78, 5) is 2.50. The molecule has 0 aliphatic carbocycles. The second-order valence-electron chi connectivity index (χ2n) is 6.08. The molecule has 0 spiro atoms. The molecule has 0 unspecified atom stereocenters. The van der Waals surface area contributed by atoms with Crippen molar-refractivity contribution in [3.05, 3.63) is 70.0 Å². The number of rotatable bonds is 3. The van der Waals surface area contributed by atoms with Crippen LogP contribution in [0.2, 0.25) is 0 Å². The molecule has 0 fully saturated rings. The second kappa shape index (κ2) is 7.14. The molecule has 26 heavy (non-hydrogen) atoms. The Labute approximate surface area is 161 Å². The predicted molar refractivity (Wildman–Crippen MR) is 113 cm³/mol. The molecule has 0 saturated heterocycles. The minimum atomic E-state index is 0.885. The largest absolute Gasteiger partial charge is 0.497 e. The lowest BCUT2D eigenvalue weighted by Gasteiger charge is -2.17. The van der Waals surface area contributed by atoms with E-state index in [1.165, 1.54) is 36.6 Å².